The van der Waals surface area contributed by atoms with Crippen LogP contribution in [0.25, 0.3) is 0 Å². The molecule has 0 bridgehead atoms. The molecule has 1 aliphatic rings. The lowest BCUT2D eigenvalue weighted by atomic mass is 10.1. The Morgan fingerprint density at radius 3 is 3.00 bits per heavy atom. The number of esters is 1. The molecular formula is C10H16O2. The molecule has 0 radical (unpaired) electrons. The minimum atomic E-state index is -0.0283. The molecule has 2 nitrogen and oxygen atoms in total. The van der Waals surface area contributed by atoms with Gasteiger partial charge >= 0.3 is 5.97 Å². The average molecular weight is 168 g/mol. The second kappa shape index (κ2) is 4.96. The highest BCUT2D eigenvalue weighted by Gasteiger charge is 2.21. The third kappa shape index (κ3) is 3.07. The van der Waals surface area contributed by atoms with Crippen molar-refractivity contribution < 1.29 is 9.53 Å². The third-order valence-electron chi connectivity index (χ3n) is 2.03. The van der Waals surface area contributed by atoms with Crippen LogP contribution in [0.4, 0.5) is 0 Å². The Morgan fingerprint density at radius 1 is 1.58 bits per heavy atom. The molecule has 0 aromatic rings. The van der Waals surface area contributed by atoms with E-state index >= 15 is 0 Å². The first-order chi connectivity index (χ1) is 5.83. The van der Waals surface area contributed by atoms with Crippen molar-refractivity contribution in [2.75, 3.05) is 0 Å². The van der Waals surface area contributed by atoms with Gasteiger partial charge in [0.05, 0.1) is 0 Å². The predicted molar refractivity (Wildman–Crippen MR) is 47.8 cm³/mol. The summed E-state index contributed by atoms with van der Waals surface area (Å²) >= 11 is 0. The fourth-order valence-electron chi connectivity index (χ4n) is 1.35. The van der Waals surface area contributed by atoms with Gasteiger partial charge in [-0.15, -0.1) is 0 Å². The lowest BCUT2D eigenvalue weighted by molar-refractivity contribution is -0.141. The van der Waals surface area contributed by atoms with Crippen LogP contribution in [0.3, 0.4) is 0 Å². The van der Waals surface area contributed by atoms with Gasteiger partial charge in [-0.25, -0.2) is 0 Å². The van der Waals surface area contributed by atoms with Crippen molar-refractivity contribution in [3.8, 4) is 0 Å². The van der Waals surface area contributed by atoms with Crippen molar-refractivity contribution in [3.05, 3.63) is 12.2 Å². The number of hydrogen-bond acceptors (Lipinski definition) is 2. The Balaban J connectivity index is 2.08. The molecule has 0 saturated carbocycles. The number of cyclic esters (lactones) is 1. The zero-order chi connectivity index (χ0) is 8.81. The predicted octanol–water partition coefficient (Wildman–Crippen LogP) is 2.44. The molecule has 1 atom stereocenters. The summed E-state index contributed by atoms with van der Waals surface area (Å²) in [6.07, 6.45) is 9.14. The zero-order valence-electron chi connectivity index (χ0n) is 7.58. The van der Waals surface area contributed by atoms with Crippen LogP contribution in [-0.4, -0.2) is 12.1 Å². The van der Waals surface area contributed by atoms with Gasteiger partial charge in [-0.05, 0) is 25.7 Å². The first-order valence-electron chi connectivity index (χ1n) is 4.67. The fourth-order valence-corrected chi connectivity index (χ4v) is 1.35. The summed E-state index contributed by atoms with van der Waals surface area (Å²) in [5, 5.41) is 0. The normalized spacial score (nSPS) is 23.4. The molecule has 0 N–H and O–H groups in total. The Bertz CT molecular complexity index is 173. The van der Waals surface area contributed by atoms with E-state index in [-0.39, 0.29) is 12.1 Å². The van der Waals surface area contributed by atoms with Crippen molar-refractivity contribution >= 4 is 5.97 Å². The van der Waals surface area contributed by atoms with Gasteiger partial charge in [0.25, 0.3) is 0 Å². The quantitative estimate of drug-likeness (QED) is 0.476. The number of hydrogen-bond donors (Lipinski definition) is 0. The summed E-state index contributed by atoms with van der Waals surface area (Å²) < 4.78 is 5.07. The largest absolute Gasteiger partial charge is 0.462 e. The molecule has 0 aromatic carbocycles. The van der Waals surface area contributed by atoms with Crippen LogP contribution in [0.15, 0.2) is 12.2 Å². The van der Waals surface area contributed by atoms with E-state index in [1.165, 1.54) is 0 Å². The maximum absolute atomic E-state index is 10.7. The van der Waals surface area contributed by atoms with E-state index in [1.54, 1.807) is 0 Å². The topological polar surface area (TPSA) is 26.3 Å². The minimum absolute atomic E-state index is 0.0283. The highest BCUT2D eigenvalue weighted by molar-refractivity contribution is 5.71. The van der Waals surface area contributed by atoms with Gasteiger partial charge < -0.3 is 4.74 Å². The molecule has 0 aromatic heterocycles. The second-order valence-corrected chi connectivity index (χ2v) is 3.11. The molecule has 0 aliphatic carbocycles. The summed E-state index contributed by atoms with van der Waals surface area (Å²) in [6, 6.07) is 0. The lowest BCUT2D eigenvalue weighted by Crippen LogP contribution is -2.05. The molecule has 1 fully saturated rings. The highest BCUT2D eigenvalue weighted by Crippen LogP contribution is 2.18. The van der Waals surface area contributed by atoms with E-state index in [2.05, 4.69) is 19.1 Å². The highest BCUT2D eigenvalue weighted by atomic mass is 16.5. The van der Waals surface area contributed by atoms with E-state index in [9.17, 15) is 4.79 Å². The van der Waals surface area contributed by atoms with Crippen LogP contribution in [0.1, 0.15) is 39.0 Å². The van der Waals surface area contributed by atoms with Gasteiger partial charge in [-0.2, -0.15) is 0 Å². The fraction of sp³-hybridized carbons (Fsp3) is 0.700. The van der Waals surface area contributed by atoms with E-state index in [0.29, 0.717) is 6.42 Å². The van der Waals surface area contributed by atoms with Crippen LogP contribution < -0.4 is 0 Å². The summed E-state index contributed by atoms with van der Waals surface area (Å²) in [5.41, 5.74) is 0. The van der Waals surface area contributed by atoms with E-state index in [1.807, 2.05) is 0 Å². The molecule has 0 unspecified atom stereocenters. The number of carbonyl (C=O) groups is 1. The van der Waals surface area contributed by atoms with Gasteiger partial charge in [0, 0.05) is 6.42 Å². The van der Waals surface area contributed by atoms with Crippen LogP contribution in [-0.2, 0) is 9.53 Å². The molecule has 1 saturated heterocycles. The molecule has 1 rings (SSSR count). The number of carbonyl (C=O) groups excluding carboxylic acids is 1. The van der Waals surface area contributed by atoms with Gasteiger partial charge in [0.2, 0.25) is 0 Å². The number of allylic oxidation sites excluding steroid dienone is 2. The van der Waals surface area contributed by atoms with Crippen LogP contribution >= 0.6 is 0 Å². The van der Waals surface area contributed by atoms with Crippen LogP contribution in [0, 0.1) is 0 Å². The summed E-state index contributed by atoms with van der Waals surface area (Å²) in [6.45, 7) is 2.12. The molecule has 12 heavy (non-hydrogen) atoms. The molecule has 68 valence electrons. The molecule has 0 spiro atoms. The molecular weight excluding hydrogens is 152 g/mol. The smallest absolute Gasteiger partial charge is 0.306 e. The summed E-state index contributed by atoms with van der Waals surface area (Å²) in [7, 11) is 0. The van der Waals surface area contributed by atoms with E-state index in [4.69, 9.17) is 4.74 Å². The summed E-state index contributed by atoms with van der Waals surface area (Å²) in [5.74, 6) is -0.0283. The SMILES string of the molecule is CC/C=C/CC[C@@H]1CCC(=O)O1. The lowest BCUT2D eigenvalue weighted by Gasteiger charge is -2.05. The van der Waals surface area contributed by atoms with Gasteiger partial charge in [0.15, 0.2) is 0 Å². The standard InChI is InChI=1S/C10H16O2/c1-2-3-4-5-6-9-7-8-10(11)12-9/h3-4,9H,2,5-8H2,1H3/b4-3+/t9-/m1/s1. The van der Waals surface area contributed by atoms with E-state index in [0.717, 1.165) is 25.7 Å². The van der Waals surface area contributed by atoms with Crippen molar-refractivity contribution in [2.45, 2.75) is 45.1 Å². The zero-order valence-corrected chi connectivity index (χ0v) is 7.58. The van der Waals surface area contributed by atoms with Crippen LogP contribution in [0.5, 0.6) is 0 Å². The number of rotatable bonds is 4. The molecule has 2 heteroatoms. The summed E-state index contributed by atoms with van der Waals surface area (Å²) in [4.78, 5) is 10.7. The van der Waals surface area contributed by atoms with Gasteiger partial charge in [0.1, 0.15) is 6.10 Å². The van der Waals surface area contributed by atoms with Crippen molar-refractivity contribution in [1.29, 1.82) is 0 Å². The molecule has 1 aliphatic heterocycles. The first kappa shape index (κ1) is 9.30. The Hall–Kier alpha value is -0.790. The van der Waals surface area contributed by atoms with Crippen molar-refractivity contribution in [1.82, 2.24) is 0 Å². The maximum Gasteiger partial charge on any atom is 0.306 e. The molecule has 1 heterocycles. The monoisotopic (exact) mass is 168 g/mol. The van der Waals surface area contributed by atoms with Gasteiger partial charge in [-0.3, -0.25) is 4.79 Å². The van der Waals surface area contributed by atoms with E-state index < -0.39 is 0 Å². The Kier molecular flexibility index (Phi) is 3.85. The number of ether oxygens (including phenoxy) is 1. The molecule has 0 amide bonds. The minimum Gasteiger partial charge on any atom is -0.462 e. The Morgan fingerprint density at radius 2 is 2.42 bits per heavy atom. The van der Waals surface area contributed by atoms with Crippen molar-refractivity contribution in [3.63, 3.8) is 0 Å². The van der Waals surface area contributed by atoms with Gasteiger partial charge in [-0.1, -0.05) is 19.1 Å². The maximum atomic E-state index is 10.7. The van der Waals surface area contributed by atoms with Crippen LogP contribution in [0.2, 0.25) is 0 Å². The Labute approximate surface area is 73.6 Å². The third-order valence-corrected chi connectivity index (χ3v) is 2.03. The van der Waals surface area contributed by atoms with Crippen molar-refractivity contribution in [2.24, 2.45) is 0 Å². The first-order valence-corrected chi connectivity index (χ1v) is 4.67. The average Bonchev–Trinajstić information content (AvgIpc) is 2.45. The second-order valence-electron chi connectivity index (χ2n) is 3.11.